The smallest absolute Gasteiger partial charge is 0.293 e. The number of carbonyl (C=O) groups excluding carboxylic acids is 1. The fourth-order valence-corrected chi connectivity index (χ4v) is 5.37. The average molecular weight is 472 g/mol. The molecule has 11 heteroatoms. The van der Waals surface area contributed by atoms with E-state index in [2.05, 4.69) is 26.2 Å². The topological polar surface area (TPSA) is 102 Å². The first-order valence-electron chi connectivity index (χ1n) is 7.99. The van der Waals surface area contributed by atoms with E-state index in [1.54, 1.807) is 24.3 Å². The molecule has 0 bridgehead atoms. The summed E-state index contributed by atoms with van der Waals surface area (Å²) in [6, 6.07) is 7.91. The van der Waals surface area contributed by atoms with Crippen LogP contribution in [0.3, 0.4) is 0 Å². The fourth-order valence-electron chi connectivity index (χ4n) is 2.65. The summed E-state index contributed by atoms with van der Waals surface area (Å²) in [5, 5.41) is 3.02. The molecule has 1 aliphatic heterocycles. The Labute approximate surface area is 167 Å². The number of carbonyl (C=O) groups is 1. The van der Waals surface area contributed by atoms with Gasteiger partial charge in [-0.1, -0.05) is 11.3 Å². The van der Waals surface area contributed by atoms with E-state index in [1.165, 1.54) is 21.7 Å². The molecule has 27 heavy (non-hydrogen) atoms. The highest BCUT2D eigenvalue weighted by Crippen LogP contribution is 2.30. The fraction of sp³-hybridized carbons (Fsp3) is 0.250. The third-order valence-electron chi connectivity index (χ3n) is 3.99. The zero-order chi connectivity index (χ0) is 19.0. The molecule has 4 rings (SSSR count). The SMILES string of the molecule is O=C(Nc1nc2ccc(S(=O)(=O)N3CCOCC3)cc2s1)c1ccc(Br)o1. The van der Waals surface area contributed by atoms with E-state index in [0.717, 1.165) is 0 Å². The third kappa shape index (κ3) is 3.78. The molecule has 2 aromatic heterocycles. The summed E-state index contributed by atoms with van der Waals surface area (Å²) < 4.78 is 38.5. The van der Waals surface area contributed by atoms with Gasteiger partial charge in [-0.25, -0.2) is 13.4 Å². The number of anilines is 1. The zero-order valence-electron chi connectivity index (χ0n) is 13.8. The maximum atomic E-state index is 12.8. The molecule has 8 nitrogen and oxygen atoms in total. The molecule has 0 aliphatic carbocycles. The molecule has 1 fully saturated rings. The number of amides is 1. The number of fused-ring (bicyclic) bond motifs is 1. The molecule has 3 aromatic rings. The predicted octanol–water partition coefficient (Wildman–Crippen LogP) is 2.93. The van der Waals surface area contributed by atoms with Gasteiger partial charge in [0.15, 0.2) is 15.6 Å². The Kier molecular flexibility index (Phi) is 5.03. The van der Waals surface area contributed by atoms with Gasteiger partial charge in [0.1, 0.15) is 0 Å². The van der Waals surface area contributed by atoms with Crippen LogP contribution in [-0.2, 0) is 14.8 Å². The standard InChI is InChI=1S/C16H14BrN3O5S2/c17-14-4-3-12(25-14)15(21)19-16-18-11-2-1-10(9-13(11)26-16)27(22,23)20-5-7-24-8-6-20/h1-4,9H,5-8H2,(H,18,19,21). The maximum Gasteiger partial charge on any atom is 0.293 e. The maximum absolute atomic E-state index is 12.8. The first kappa shape index (κ1) is 18.6. The van der Waals surface area contributed by atoms with Gasteiger partial charge in [-0.05, 0) is 46.3 Å². The summed E-state index contributed by atoms with van der Waals surface area (Å²) in [5.41, 5.74) is 0.608. The second-order valence-electron chi connectivity index (χ2n) is 5.72. The van der Waals surface area contributed by atoms with Crippen molar-refractivity contribution >= 4 is 58.5 Å². The van der Waals surface area contributed by atoms with Gasteiger partial charge in [0.05, 0.1) is 28.3 Å². The van der Waals surface area contributed by atoms with Crippen LogP contribution in [0.5, 0.6) is 0 Å². The molecule has 1 amide bonds. The summed E-state index contributed by atoms with van der Waals surface area (Å²) in [4.78, 5) is 16.7. The van der Waals surface area contributed by atoms with Crippen LogP contribution in [0, 0.1) is 0 Å². The lowest BCUT2D eigenvalue weighted by Crippen LogP contribution is -2.40. The van der Waals surface area contributed by atoms with Crippen molar-refractivity contribution in [3.8, 4) is 0 Å². The largest absolute Gasteiger partial charge is 0.444 e. The number of benzene rings is 1. The van der Waals surface area contributed by atoms with Crippen molar-refractivity contribution in [1.82, 2.24) is 9.29 Å². The number of rotatable bonds is 4. The Bertz CT molecular complexity index is 1100. The molecule has 3 heterocycles. The van der Waals surface area contributed by atoms with E-state index < -0.39 is 15.9 Å². The van der Waals surface area contributed by atoms with Crippen LogP contribution >= 0.6 is 27.3 Å². The monoisotopic (exact) mass is 471 g/mol. The van der Waals surface area contributed by atoms with Crippen molar-refractivity contribution < 1.29 is 22.4 Å². The quantitative estimate of drug-likeness (QED) is 0.627. The lowest BCUT2D eigenvalue weighted by molar-refractivity contribution is 0.0730. The number of hydrogen-bond acceptors (Lipinski definition) is 7. The number of morpholine rings is 1. The lowest BCUT2D eigenvalue weighted by atomic mass is 10.3. The minimum Gasteiger partial charge on any atom is -0.444 e. The van der Waals surface area contributed by atoms with Crippen LogP contribution in [0.25, 0.3) is 10.2 Å². The molecular weight excluding hydrogens is 458 g/mol. The minimum absolute atomic E-state index is 0.150. The van der Waals surface area contributed by atoms with Crippen LogP contribution in [-0.4, -0.2) is 49.9 Å². The van der Waals surface area contributed by atoms with Crippen molar-refractivity contribution in [1.29, 1.82) is 0 Å². The van der Waals surface area contributed by atoms with Crippen molar-refractivity contribution in [2.75, 3.05) is 31.6 Å². The number of thiazole rings is 1. The van der Waals surface area contributed by atoms with Gasteiger partial charge < -0.3 is 9.15 Å². The summed E-state index contributed by atoms with van der Waals surface area (Å²) in [6.07, 6.45) is 0. The number of hydrogen-bond donors (Lipinski definition) is 1. The van der Waals surface area contributed by atoms with Crippen molar-refractivity contribution in [2.24, 2.45) is 0 Å². The van der Waals surface area contributed by atoms with Gasteiger partial charge in [0, 0.05) is 13.1 Å². The van der Waals surface area contributed by atoms with Gasteiger partial charge in [0.25, 0.3) is 5.91 Å². The first-order valence-corrected chi connectivity index (χ1v) is 11.0. The molecular formula is C16H14BrN3O5S2. The van der Waals surface area contributed by atoms with Gasteiger partial charge in [0.2, 0.25) is 10.0 Å². The number of halogens is 1. The van der Waals surface area contributed by atoms with Crippen molar-refractivity contribution in [3.63, 3.8) is 0 Å². The van der Waals surface area contributed by atoms with Gasteiger partial charge >= 0.3 is 0 Å². The van der Waals surface area contributed by atoms with Crippen LogP contribution in [0.4, 0.5) is 5.13 Å². The molecule has 0 atom stereocenters. The van der Waals surface area contributed by atoms with Crippen LogP contribution in [0.1, 0.15) is 10.6 Å². The highest BCUT2D eigenvalue weighted by molar-refractivity contribution is 9.10. The Balaban J connectivity index is 1.59. The Morgan fingerprint density at radius 2 is 2.00 bits per heavy atom. The highest BCUT2D eigenvalue weighted by atomic mass is 79.9. The van der Waals surface area contributed by atoms with E-state index >= 15 is 0 Å². The normalized spacial score (nSPS) is 15.9. The number of sulfonamides is 1. The van der Waals surface area contributed by atoms with Crippen molar-refractivity contribution in [3.05, 3.63) is 40.8 Å². The summed E-state index contributed by atoms with van der Waals surface area (Å²) in [6.45, 7) is 1.45. The summed E-state index contributed by atoms with van der Waals surface area (Å²) >= 11 is 4.34. The Morgan fingerprint density at radius 1 is 1.22 bits per heavy atom. The predicted molar refractivity (Wildman–Crippen MR) is 104 cm³/mol. The average Bonchev–Trinajstić information content (AvgIpc) is 3.27. The molecule has 1 saturated heterocycles. The van der Waals surface area contributed by atoms with Gasteiger partial charge in [-0.15, -0.1) is 0 Å². The molecule has 0 spiro atoms. The summed E-state index contributed by atoms with van der Waals surface area (Å²) in [5.74, 6) is -0.280. The Morgan fingerprint density at radius 3 is 2.70 bits per heavy atom. The van der Waals surface area contributed by atoms with Crippen LogP contribution in [0.2, 0.25) is 0 Å². The van der Waals surface area contributed by atoms with Gasteiger partial charge in [-0.2, -0.15) is 4.31 Å². The molecule has 142 valence electrons. The number of nitrogens with zero attached hydrogens (tertiary/aromatic N) is 2. The van der Waals surface area contributed by atoms with Gasteiger partial charge in [-0.3, -0.25) is 10.1 Å². The first-order chi connectivity index (χ1) is 12.9. The van der Waals surface area contributed by atoms with E-state index in [1.807, 2.05) is 0 Å². The van der Waals surface area contributed by atoms with E-state index in [9.17, 15) is 13.2 Å². The third-order valence-corrected chi connectivity index (χ3v) is 7.24. The van der Waals surface area contributed by atoms with E-state index in [0.29, 0.717) is 46.3 Å². The highest BCUT2D eigenvalue weighted by Gasteiger charge is 2.26. The Hall–Kier alpha value is -1.79. The molecule has 1 aliphatic rings. The van der Waals surface area contributed by atoms with Crippen LogP contribution < -0.4 is 5.32 Å². The second kappa shape index (κ2) is 7.32. The number of furan rings is 1. The molecule has 0 radical (unpaired) electrons. The van der Waals surface area contributed by atoms with E-state index in [-0.39, 0.29) is 10.7 Å². The van der Waals surface area contributed by atoms with E-state index in [4.69, 9.17) is 9.15 Å². The molecule has 1 N–H and O–H groups in total. The molecule has 0 unspecified atom stereocenters. The summed E-state index contributed by atoms with van der Waals surface area (Å²) in [7, 11) is -3.58. The minimum atomic E-state index is -3.58. The van der Waals surface area contributed by atoms with Crippen LogP contribution in [0.15, 0.2) is 44.3 Å². The number of nitrogens with one attached hydrogen (secondary N) is 1. The number of ether oxygens (including phenoxy) is 1. The molecule has 0 saturated carbocycles. The number of aromatic nitrogens is 1. The lowest BCUT2D eigenvalue weighted by Gasteiger charge is -2.25. The second-order valence-corrected chi connectivity index (χ2v) is 9.47. The molecule has 1 aromatic carbocycles. The zero-order valence-corrected chi connectivity index (χ0v) is 17.1. The van der Waals surface area contributed by atoms with Crippen molar-refractivity contribution in [2.45, 2.75) is 4.90 Å².